The van der Waals surface area contributed by atoms with Gasteiger partial charge in [0, 0.05) is 36.7 Å². The number of benzene rings is 1. The fourth-order valence-electron chi connectivity index (χ4n) is 3.56. The number of nitrogens with zero attached hydrogens (tertiary/aromatic N) is 4. The van der Waals surface area contributed by atoms with Crippen LogP contribution in [0.4, 0.5) is 36.4 Å². The average Bonchev–Trinajstić information content (AvgIpc) is 3.24. The van der Waals surface area contributed by atoms with E-state index in [2.05, 4.69) is 15.1 Å². The molecule has 0 radical (unpaired) electrons. The molecule has 0 spiro atoms. The molecule has 190 valence electrons. The maximum absolute atomic E-state index is 14.5. The standard InChI is InChI=1S/C22H15F7N4O2S/c1-36(34,35)20-5-2-13(11-31-20)12-6-7-30-16(8-12)18-10-19(21(25,26)22(27,28)29)32-33(18)17-4-3-14(23)9-15(17)24/h2-9,11,18H,10H2,1H3. The number of anilines is 1. The highest BCUT2D eigenvalue weighted by Crippen LogP contribution is 2.45. The van der Waals surface area contributed by atoms with Gasteiger partial charge in [0.25, 0.3) is 0 Å². The van der Waals surface area contributed by atoms with Crippen LogP contribution in [0.3, 0.4) is 0 Å². The van der Waals surface area contributed by atoms with Crippen LogP contribution in [0.25, 0.3) is 11.1 Å². The van der Waals surface area contributed by atoms with Gasteiger partial charge in [0.1, 0.15) is 17.6 Å². The number of hydrazone groups is 1. The van der Waals surface area contributed by atoms with Crippen LogP contribution in [-0.2, 0) is 9.84 Å². The highest BCUT2D eigenvalue weighted by Gasteiger charge is 2.63. The van der Waals surface area contributed by atoms with E-state index in [9.17, 15) is 39.2 Å². The highest BCUT2D eigenvalue weighted by molar-refractivity contribution is 7.90. The van der Waals surface area contributed by atoms with Gasteiger partial charge in [-0.25, -0.2) is 22.2 Å². The molecule has 36 heavy (non-hydrogen) atoms. The normalized spacial score (nSPS) is 16.8. The van der Waals surface area contributed by atoms with Gasteiger partial charge in [-0.3, -0.25) is 9.99 Å². The predicted molar refractivity (Wildman–Crippen MR) is 115 cm³/mol. The molecule has 3 heterocycles. The number of aromatic nitrogens is 2. The molecule has 4 rings (SSSR count). The van der Waals surface area contributed by atoms with Crippen molar-refractivity contribution in [1.82, 2.24) is 9.97 Å². The molecule has 2 aromatic heterocycles. The quantitative estimate of drug-likeness (QED) is 0.416. The molecule has 3 aromatic rings. The van der Waals surface area contributed by atoms with Gasteiger partial charge in [-0.1, -0.05) is 0 Å². The fraction of sp³-hybridized carbons (Fsp3) is 0.227. The second-order valence-electron chi connectivity index (χ2n) is 7.91. The van der Waals surface area contributed by atoms with Crippen molar-refractivity contribution in [3.8, 4) is 11.1 Å². The van der Waals surface area contributed by atoms with Gasteiger partial charge in [-0.15, -0.1) is 0 Å². The molecule has 0 fully saturated rings. The third-order valence-corrected chi connectivity index (χ3v) is 6.36. The number of sulfone groups is 1. The van der Waals surface area contributed by atoms with Crippen molar-refractivity contribution in [2.45, 2.75) is 29.6 Å². The molecule has 1 unspecified atom stereocenters. The van der Waals surface area contributed by atoms with E-state index in [1.54, 1.807) is 0 Å². The number of alkyl halides is 5. The Morgan fingerprint density at radius 2 is 1.67 bits per heavy atom. The summed E-state index contributed by atoms with van der Waals surface area (Å²) in [5.74, 6) is -7.52. The monoisotopic (exact) mass is 532 g/mol. The number of halogens is 7. The van der Waals surface area contributed by atoms with Gasteiger partial charge >= 0.3 is 12.1 Å². The molecule has 1 atom stereocenters. The highest BCUT2D eigenvalue weighted by atomic mass is 32.2. The Labute approximate surface area is 200 Å². The molecular formula is C22H15F7N4O2S. The summed E-state index contributed by atoms with van der Waals surface area (Å²) in [7, 11) is -3.57. The van der Waals surface area contributed by atoms with Gasteiger partial charge < -0.3 is 0 Å². The molecule has 14 heteroatoms. The summed E-state index contributed by atoms with van der Waals surface area (Å²) >= 11 is 0. The predicted octanol–water partition coefficient (Wildman–Crippen LogP) is 5.33. The van der Waals surface area contributed by atoms with Gasteiger partial charge in [0.05, 0.1) is 11.4 Å². The van der Waals surface area contributed by atoms with E-state index in [1.807, 2.05) is 0 Å². The van der Waals surface area contributed by atoms with E-state index in [0.29, 0.717) is 22.2 Å². The zero-order valence-corrected chi connectivity index (χ0v) is 19.0. The summed E-state index contributed by atoms with van der Waals surface area (Å²) in [5, 5.41) is 3.80. The Morgan fingerprint density at radius 3 is 2.25 bits per heavy atom. The van der Waals surface area contributed by atoms with Crippen LogP contribution in [0.1, 0.15) is 18.2 Å². The van der Waals surface area contributed by atoms with E-state index in [0.717, 1.165) is 18.4 Å². The van der Waals surface area contributed by atoms with Crippen molar-refractivity contribution in [3.63, 3.8) is 0 Å². The first-order valence-corrected chi connectivity index (χ1v) is 12.0. The largest absolute Gasteiger partial charge is 0.459 e. The summed E-state index contributed by atoms with van der Waals surface area (Å²) in [6.07, 6.45) is -3.45. The van der Waals surface area contributed by atoms with Gasteiger partial charge in [-0.2, -0.15) is 27.1 Å². The number of hydrogen-bond donors (Lipinski definition) is 0. The van der Waals surface area contributed by atoms with Gasteiger partial charge in [-0.05, 0) is 42.0 Å². The Balaban J connectivity index is 1.77. The molecule has 1 aliphatic heterocycles. The molecule has 0 saturated heterocycles. The van der Waals surface area contributed by atoms with Crippen LogP contribution in [-0.4, -0.2) is 42.5 Å². The smallest absolute Gasteiger partial charge is 0.259 e. The molecule has 0 saturated carbocycles. The lowest BCUT2D eigenvalue weighted by molar-refractivity contribution is -0.249. The first kappa shape index (κ1) is 25.5. The van der Waals surface area contributed by atoms with Crippen molar-refractivity contribution < 1.29 is 39.2 Å². The van der Waals surface area contributed by atoms with E-state index in [4.69, 9.17) is 0 Å². The second kappa shape index (κ2) is 8.84. The minimum absolute atomic E-state index is 0.0415. The average molecular weight is 532 g/mol. The molecule has 0 bridgehead atoms. The second-order valence-corrected chi connectivity index (χ2v) is 9.87. The van der Waals surface area contributed by atoms with Crippen molar-refractivity contribution in [1.29, 1.82) is 0 Å². The van der Waals surface area contributed by atoms with E-state index < -0.39 is 57.4 Å². The Bertz CT molecular complexity index is 1440. The first-order chi connectivity index (χ1) is 16.7. The fourth-order valence-corrected chi connectivity index (χ4v) is 4.12. The van der Waals surface area contributed by atoms with Crippen LogP contribution in [0.2, 0.25) is 0 Å². The van der Waals surface area contributed by atoms with E-state index >= 15 is 0 Å². The summed E-state index contributed by atoms with van der Waals surface area (Å²) in [6.45, 7) is 0. The maximum atomic E-state index is 14.5. The molecule has 0 aliphatic carbocycles. The maximum Gasteiger partial charge on any atom is 0.459 e. The van der Waals surface area contributed by atoms with Crippen molar-refractivity contribution in [2.24, 2.45) is 5.10 Å². The zero-order valence-electron chi connectivity index (χ0n) is 18.1. The third-order valence-electron chi connectivity index (χ3n) is 5.36. The van der Waals surface area contributed by atoms with Crippen molar-refractivity contribution in [3.05, 3.63) is 72.2 Å². The minimum atomic E-state index is -5.95. The summed E-state index contributed by atoms with van der Waals surface area (Å²) < 4.78 is 119. The molecule has 1 aromatic carbocycles. The lowest BCUT2D eigenvalue weighted by atomic mass is 10.00. The van der Waals surface area contributed by atoms with Gasteiger partial charge in [0.15, 0.2) is 20.7 Å². The number of hydrogen-bond acceptors (Lipinski definition) is 6. The van der Waals surface area contributed by atoms with Crippen LogP contribution in [0, 0.1) is 11.6 Å². The van der Waals surface area contributed by atoms with Gasteiger partial charge in [0.2, 0.25) is 0 Å². The van der Waals surface area contributed by atoms with Crippen LogP contribution >= 0.6 is 0 Å². The van der Waals surface area contributed by atoms with Crippen molar-refractivity contribution in [2.75, 3.05) is 11.3 Å². The molecule has 0 N–H and O–H groups in total. The topological polar surface area (TPSA) is 75.5 Å². The van der Waals surface area contributed by atoms with E-state index in [-0.39, 0.29) is 10.7 Å². The summed E-state index contributed by atoms with van der Waals surface area (Å²) in [5.41, 5.74) is -1.36. The molecule has 0 amide bonds. The Morgan fingerprint density at radius 1 is 0.944 bits per heavy atom. The Hall–Kier alpha value is -3.55. The number of rotatable bonds is 5. The molecular weight excluding hydrogens is 517 g/mol. The summed E-state index contributed by atoms with van der Waals surface area (Å²) in [6, 6.07) is 6.22. The molecule has 1 aliphatic rings. The lowest BCUT2D eigenvalue weighted by Gasteiger charge is -2.24. The van der Waals surface area contributed by atoms with Crippen LogP contribution in [0.15, 0.2) is 65.0 Å². The minimum Gasteiger partial charge on any atom is -0.259 e. The third kappa shape index (κ3) is 4.76. The van der Waals surface area contributed by atoms with Crippen molar-refractivity contribution >= 4 is 21.2 Å². The zero-order chi connectivity index (χ0) is 26.5. The lowest BCUT2D eigenvalue weighted by Crippen LogP contribution is -2.43. The summed E-state index contributed by atoms with van der Waals surface area (Å²) in [4.78, 5) is 7.91. The van der Waals surface area contributed by atoms with Crippen LogP contribution in [0.5, 0.6) is 0 Å². The van der Waals surface area contributed by atoms with E-state index in [1.165, 1.54) is 36.7 Å². The molecule has 6 nitrogen and oxygen atoms in total. The number of pyridine rings is 2. The SMILES string of the molecule is CS(=O)(=O)c1ccc(-c2ccnc(C3CC(C(F)(F)C(F)(F)F)=NN3c3ccc(F)cc3F)c2)cn1. The van der Waals surface area contributed by atoms with Crippen LogP contribution < -0.4 is 5.01 Å². The first-order valence-electron chi connectivity index (χ1n) is 10.1. The Kier molecular flexibility index (Phi) is 6.27.